The van der Waals surface area contributed by atoms with E-state index in [1.165, 1.54) is 12.8 Å². The Morgan fingerprint density at radius 2 is 1.93 bits per heavy atom. The Morgan fingerprint density at radius 3 is 2.56 bits per heavy atom. The SMILES string of the molecule is COc1ccc(-c2n[nH]c(CN=C(N)NC(C)CCCC(C)C)n2)cc1.I. The van der Waals surface area contributed by atoms with Crippen LogP contribution in [0.25, 0.3) is 11.4 Å². The minimum absolute atomic E-state index is 0. The molecule has 0 saturated heterocycles. The summed E-state index contributed by atoms with van der Waals surface area (Å²) in [7, 11) is 1.64. The molecule has 0 bridgehead atoms. The molecule has 1 aromatic heterocycles. The Morgan fingerprint density at radius 1 is 1.22 bits per heavy atom. The van der Waals surface area contributed by atoms with Crippen molar-refractivity contribution in [3.8, 4) is 17.1 Å². The van der Waals surface area contributed by atoms with Gasteiger partial charge in [-0.1, -0.05) is 26.7 Å². The zero-order valence-corrected chi connectivity index (χ0v) is 18.9. The van der Waals surface area contributed by atoms with E-state index >= 15 is 0 Å². The number of hydrogen-bond donors (Lipinski definition) is 3. The topological polar surface area (TPSA) is 101 Å². The summed E-state index contributed by atoms with van der Waals surface area (Å²) < 4.78 is 5.16. The summed E-state index contributed by atoms with van der Waals surface area (Å²) in [5.41, 5.74) is 6.89. The van der Waals surface area contributed by atoms with Crippen LogP contribution < -0.4 is 15.8 Å². The lowest BCUT2D eigenvalue weighted by atomic mass is 10.0. The van der Waals surface area contributed by atoms with E-state index < -0.39 is 0 Å². The van der Waals surface area contributed by atoms with Gasteiger partial charge in [0.1, 0.15) is 18.1 Å². The lowest BCUT2D eigenvalue weighted by Gasteiger charge is -2.14. The normalized spacial score (nSPS) is 12.6. The second-order valence-electron chi connectivity index (χ2n) is 6.91. The summed E-state index contributed by atoms with van der Waals surface area (Å²) in [4.78, 5) is 8.80. The summed E-state index contributed by atoms with van der Waals surface area (Å²) >= 11 is 0. The number of rotatable bonds is 9. The van der Waals surface area contributed by atoms with Crippen molar-refractivity contribution < 1.29 is 4.74 Å². The van der Waals surface area contributed by atoms with Crippen molar-refractivity contribution in [3.05, 3.63) is 30.1 Å². The number of H-pyrrole nitrogens is 1. The third-order valence-electron chi connectivity index (χ3n) is 4.09. The first-order valence-electron chi connectivity index (χ1n) is 9.10. The number of hydrogen-bond acceptors (Lipinski definition) is 4. The second-order valence-corrected chi connectivity index (χ2v) is 6.91. The maximum atomic E-state index is 5.97. The van der Waals surface area contributed by atoms with Gasteiger partial charge in [-0.25, -0.2) is 9.98 Å². The molecule has 0 spiro atoms. The van der Waals surface area contributed by atoms with Gasteiger partial charge in [0.05, 0.1) is 7.11 Å². The van der Waals surface area contributed by atoms with E-state index in [2.05, 4.69) is 46.3 Å². The zero-order valence-electron chi connectivity index (χ0n) is 16.5. The highest BCUT2D eigenvalue weighted by molar-refractivity contribution is 14.0. The molecule has 0 radical (unpaired) electrons. The molecule has 1 aromatic carbocycles. The Kier molecular flexibility index (Phi) is 10.1. The molecule has 7 nitrogen and oxygen atoms in total. The molecule has 0 aliphatic rings. The van der Waals surface area contributed by atoms with Crippen molar-refractivity contribution in [1.82, 2.24) is 20.5 Å². The van der Waals surface area contributed by atoms with Crippen LogP contribution >= 0.6 is 24.0 Å². The lowest BCUT2D eigenvalue weighted by molar-refractivity contribution is 0.415. The number of guanidine groups is 1. The van der Waals surface area contributed by atoms with E-state index in [4.69, 9.17) is 10.5 Å². The molecule has 4 N–H and O–H groups in total. The van der Waals surface area contributed by atoms with Crippen LogP contribution in [0.4, 0.5) is 0 Å². The van der Waals surface area contributed by atoms with Gasteiger partial charge in [0.25, 0.3) is 0 Å². The van der Waals surface area contributed by atoms with Crippen molar-refractivity contribution in [1.29, 1.82) is 0 Å². The number of aliphatic imine (C=N–C) groups is 1. The molecule has 0 fully saturated rings. The molecule has 0 amide bonds. The van der Waals surface area contributed by atoms with Gasteiger partial charge in [-0.15, -0.1) is 24.0 Å². The van der Waals surface area contributed by atoms with E-state index in [-0.39, 0.29) is 24.0 Å². The number of benzene rings is 1. The number of aromatic nitrogens is 3. The Bertz CT molecular complexity index is 698. The number of nitrogens with zero attached hydrogens (tertiary/aromatic N) is 3. The highest BCUT2D eigenvalue weighted by Gasteiger charge is 2.07. The van der Waals surface area contributed by atoms with E-state index in [0.29, 0.717) is 30.2 Å². The minimum Gasteiger partial charge on any atom is -0.497 e. The highest BCUT2D eigenvalue weighted by atomic mass is 127. The van der Waals surface area contributed by atoms with Crippen molar-refractivity contribution in [3.63, 3.8) is 0 Å². The minimum atomic E-state index is 0. The Labute approximate surface area is 178 Å². The number of nitrogens with one attached hydrogen (secondary N) is 2. The second kappa shape index (κ2) is 11.8. The molecule has 0 aliphatic heterocycles. The Balaban J connectivity index is 0.00000364. The monoisotopic (exact) mass is 486 g/mol. The van der Waals surface area contributed by atoms with Crippen molar-refractivity contribution >= 4 is 29.9 Å². The fraction of sp³-hybridized carbons (Fsp3) is 0.526. The first kappa shape index (κ1) is 23.2. The van der Waals surface area contributed by atoms with Crippen LogP contribution in [0.15, 0.2) is 29.3 Å². The molecule has 0 saturated carbocycles. The maximum absolute atomic E-state index is 5.97. The van der Waals surface area contributed by atoms with Crippen LogP contribution in [0.5, 0.6) is 5.75 Å². The Hall–Kier alpha value is -1.84. The lowest BCUT2D eigenvalue weighted by Crippen LogP contribution is -2.38. The molecule has 0 aliphatic carbocycles. The van der Waals surface area contributed by atoms with Gasteiger partial charge in [-0.2, -0.15) is 5.10 Å². The number of nitrogens with two attached hydrogens (primary N) is 1. The largest absolute Gasteiger partial charge is 0.497 e. The third kappa shape index (κ3) is 8.15. The fourth-order valence-corrected chi connectivity index (χ4v) is 2.60. The smallest absolute Gasteiger partial charge is 0.189 e. The van der Waals surface area contributed by atoms with Crippen LogP contribution in [0.1, 0.15) is 45.9 Å². The van der Waals surface area contributed by atoms with Gasteiger partial charge in [0.15, 0.2) is 11.8 Å². The van der Waals surface area contributed by atoms with Gasteiger partial charge in [-0.05, 0) is 43.5 Å². The van der Waals surface area contributed by atoms with Crippen molar-refractivity contribution in [2.45, 2.75) is 52.6 Å². The molecule has 27 heavy (non-hydrogen) atoms. The van der Waals surface area contributed by atoms with E-state index in [9.17, 15) is 0 Å². The first-order valence-corrected chi connectivity index (χ1v) is 9.10. The molecule has 150 valence electrons. The van der Waals surface area contributed by atoms with Crippen LogP contribution in [-0.2, 0) is 6.54 Å². The average Bonchev–Trinajstić information content (AvgIpc) is 3.08. The number of methoxy groups -OCH3 is 1. The molecule has 2 rings (SSSR count). The average molecular weight is 486 g/mol. The summed E-state index contributed by atoms with van der Waals surface area (Å²) in [6.07, 6.45) is 3.50. The van der Waals surface area contributed by atoms with E-state index in [1.54, 1.807) is 7.11 Å². The number of ether oxygens (including phenoxy) is 1. The van der Waals surface area contributed by atoms with Gasteiger partial charge in [0, 0.05) is 11.6 Å². The maximum Gasteiger partial charge on any atom is 0.189 e. The molecule has 1 unspecified atom stereocenters. The highest BCUT2D eigenvalue weighted by Crippen LogP contribution is 2.19. The third-order valence-corrected chi connectivity index (χ3v) is 4.09. The van der Waals surface area contributed by atoms with Crippen LogP contribution in [-0.4, -0.2) is 34.3 Å². The standard InChI is InChI=1S/C19H30N6O.HI/c1-13(2)6-5-7-14(3)22-19(20)21-12-17-23-18(25-24-17)15-8-10-16(26-4)11-9-15;/h8-11,13-14H,5-7,12H2,1-4H3,(H3,20,21,22)(H,23,24,25);1H. The summed E-state index contributed by atoms with van der Waals surface area (Å²) in [5.74, 6) is 3.28. The molecule has 1 heterocycles. The summed E-state index contributed by atoms with van der Waals surface area (Å²) in [6, 6.07) is 7.91. The van der Waals surface area contributed by atoms with Gasteiger partial charge in [0.2, 0.25) is 0 Å². The van der Waals surface area contributed by atoms with Gasteiger partial charge < -0.3 is 15.8 Å². The van der Waals surface area contributed by atoms with Gasteiger partial charge in [-0.3, -0.25) is 5.10 Å². The van der Waals surface area contributed by atoms with Crippen LogP contribution in [0.3, 0.4) is 0 Å². The summed E-state index contributed by atoms with van der Waals surface area (Å²) in [6.45, 7) is 6.97. The molecule has 2 aromatic rings. The zero-order chi connectivity index (χ0) is 18.9. The number of aromatic amines is 1. The first-order chi connectivity index (χ1) is 12.5. The number of halogens is 1. The van der Waals surface area contributed by atoms with Gasteiger partial charge >= 0.3 is 0 Å². The predicted octanol–water partition coefficient (Wildman–Crippen LogP) is 3.72. The van der Waals surface area contributed by atoms with E-state index in [1.807, 2.05) is 24.3 Å². The molecular weight excluding hydrogens is 455 g/mol. The van der Waals surface area contributed by atoms with Crippen LogP contribution in [0, 0.1) is 5.92 Å². The predicted molar refractivity (Wildman–Crippen MR) is 120 cm³/mol. The van der Waals surface area contributed by atoms with Crippen molar-refractivity contribution in [2.75, 3.05) is 7.11 Å². The summed E-state index contributed by atoms with van der Waals surface area (Å²) in [5, 5.41) is 10.4. The molecule has 8 heteroatoms. The molecule has 1 atom stereocenters. The quantitative estimate of drug-likeness (QED) is 0.285. The van der Waals surface area contributed by atoms with E-state index in [0.717, 1.165) is 23.7 Å². The van der Waals surface area contributed by atoms with Crippen LogP contribution in [0.2, 0.25) is 0 Å². The van der Waals surface area contributed by atoms with Crippen molar-refractivity contribution in [2.24, 2.45) is 16.6 Å². The molecular formula is C19H31IN6O. The fourth-order valence-electron chi connectivity index (χ4n) is 2.60.